The standard InChI is InChI=1S/C17H18F3N3O3/c1-11-14(16(24)22-26-15-7-2-3-8-25-15)10-21-23(11)13-6-4-5-12(9-13)17(18,19)20/h4-6,9-10,15H,2-3,7-8H2,1H3,(H,22,24). The van der Waals surface area contributed by atoms with Gasteiger partial charge in [-0.05, 0) is 38.0 Å². The van der Waals surface area contributed by atoms with Gasteiger partial charge in [0, 0.05) is 13.0 Å². The summed E-state index contributed by atoms with van der Waals surface area (Å²) in [6.07, 6.45) is -1.07. The molecule has 6 nitrogen and oxygen atoms in total. The van der Waals surface area contributed by atoms with Gasteiger partial charge in [0.15, 0.2) is 6.29 Å². The first-order valence-corrected chi connectivity index (χ1v) is 8.16. The highest BCUT2D eigenvalue weighted by molar-refractivity contribution is 5.94. The average Bonchev–Trinajstić information content (AvgIpc) is 3.01. The highest BCUT2D eigenvalue weighted by Gasteiger charge is 2.30. The van der Waals surface area contributed by atoms with Crippen LogP contribution in [-0.2, 0) is 15.8 Å². The number of nitrogens with zero attached hydrogens (tertiary/aromatic N) is 2. The molecule has 1 atom stereocenters. The van der Waals surface area contributed by atoms with E-state index in [0.717, 1.165) is 25.0 Å². The molecular weight excluding hydrogens is 351 g/mol. The van der Waals surface area contributed by atoms with Crippen LogP contribution in [0.4, 0.5) is 13.2 Å². The van der Waals surface area contributed by atoms with Gasteiger partial charge in [-0.15, -0.1) is 0 Å². The SMILES string of the molecule is Cc1c(C(=O)NOC2CCCCO2)cnn1-c1cccc(C(F)(F)F)c1. The maximum Gasteiger partial charge on any atom is 0.416 e. The topological polar surface area (TPSA) is 65.4 Å². The van der Waals surface area contributed by atoms with Crippen LogP contribution in [0.15, 0.2) is 30.5 Å². The molecule has 1 aliphatic heterocycles. The van der Waals surface area contributed by atoms with Crippen molar-refractivity contribution in [3.05, 3.63) is 47.3 Å². The van der Waals surface area contributed by atoms with Crippen molar-refractivity contribution in [1.82, 2.24) is 15.3 Å². The number of rotatable bonds is 4. The number of aromatic nitrogens is 2. The second-order valence-corrected chi connectivity index (χ2v) is 5.95. The molecule has 0 radical (unpaired) electrons. The van der Waals surface area contributed by atoms with E-state index >= 15 is 0 Å². The largest absolute Gasteiger partial charge is 0.416 e. The van der Waals surface area contributed by atoms with E-state index in [4.69, 9.17) is 9.57 Å². The quantitative estimate of drug-likeness (QED) is 0.839. The Hall–Kier alpha value is -2.39. The van der Waals surface area contributed by atoms with Crippen molar-refractivity contribution in [1.29, 1.82) is 0 Å². The molecule has 0 saturated carbocycles. The number of carbonyl (C=O) groups is 1. The van der Waals surface area contributed by atoms with Gasteiger partial charge < -0.3 is 4.74 Å². The number of halogens is 3. The minimum absolute atomic E-state index is 0.207. The monoisotopic (exact) mass is 369 g/mol. The van der Waals surface area contributed by atoms with Crippen LogP contribution in [0.5, 0.6) is 0 Å². The fourth-order valence-corrected chi connectivity index (χ4v) is 2.69. The molecule has 1 N–H and O–H groups in total. The molecule has 1 amide bonds. The lowest BCUT2D eigenvalue weighted by atomic mass is 10.2. The Bertz CT molecular complexity index is 783. The fourth-order valence-electron chi connectivity index (χ4n) is 2.69. The van der Waals surface area contributed by atoms with E-state index in [-0.39, 0.29) is 11.3 Å². The zero-order valence-electron chi connectivity index (χ0n) is 14.0. The molecule has 1 aromatic carbocycles. The summed E-state index contributed by atoms with van der Waals surface area (Å²) in [6, 6.07) is 4.74. The summed E-state index contributed by atoms with van der Waals surface area (Å²) in [6.45, 7) is 2.17. The third kappa shape index (κ3) is 4.05. The summed E-state index contributed by atoms with van der Waals surface area (Å²) in [5, 5.41) is 4.03. The number of amides is 1. The Morgan fingerprint density at radius 2 is 2.19 bits per heavy atom. The van der Waals surface area contributed by atoms with Crippen molar-refractivity contribution in [2.24, 2.45) is 0 Å². The third-order valence-electron chi connectivity index (χ3n) is 4.09. The molecule has 1 fully saturated rings. The van der Waals surface area contributed by atoms with Crippen LogP contribution >= 0.6 is 0 Å². The summed E-state index contributed by atoms with van der Waals surface area (Å²) in [5.74, 6) is -0.533. The highest BCUT2D eigenvalue weighted by atomic mass is 19.4. The van der Waals surface area contributed by atoms with E-state index in [1.807, 2.05) is 0 Å². The molecule has 26 heavy (non-hydrogen) atoms. The number of nitrogens with one attached hydrogen (secondary N) is 1. The van der Waals surface area contributed by atoms with Gasteiger partial charge in [-0.1, -0.05) is 6.07 Å². The normalized spacial score (nSPS) is 17.9. The Labute approximate surface area is 147 Å². The molecular formula is C17H18F3N3O3. The van der Waals surface area contributed by atoms with Crippen molar-refractivity contribution in [2.75, 3.05) is 6.61 Å². The first-order valence-electron chi connectivity index (χ1n) is 8.16. The summed E-state index contributed by atoms with van der Waals surface area (Å²) in [7, 11) is 0. The maximum absolute atomic E-state index is 12.9. The molecule has 1 saturated heterocycles. The van der Waals surface area contributed by atoms with Crippen LogP contribution in [-0.4, -0.2) is 28.6 Å². The Morgan fingerprint density at radius 1 is 1.38 bits per heavy atom. The first kappa shape index (κ1) is 18.4. The number of ether oxygens (including phenoxy) is 1. The van der Waals surface area contributed by atoms with E-state index in [2.05, 4.69) is 10.6 Å². The predicted octanol–water partition coefficient (Wildman–Crippen LogP) is 3.39. The van der Waals surface area contributed by atoms with Crippen molar-refractivity contribution < 1.29 is 27.5 Å². The lowest BCUT2D eigenvalue weighted by Gasteiger charge is -2.22. The van der Waals surface area contributed by atoms with Crippen LogP contribution in [0.3, 0.4) is 0 Å². The van der Waals surface area contributed by atoms with Crippen LogP contribution in [0.2, 0.25) is 0 Å². The highest BCUT2D eigenvalue weighted by Crippen LogP contribution is 2.30. The lowest BCUT2D eigenvalue weighted by Crippen LogP contribution is -2.33. The zero-order chi connectivity index (χ0) is 18.7. The number of alkyl halides is 3. The Morgan fingerprint density at radius 3 is 2.88 bits per heavy atom. The van der Waals surface area contributed by atoms with Crippen LogP contribution in [0.25, 0.3) is 5.69 Å². The molecule has 9 heteroatoms. The minimum atomic E-state index is -4.45. The smallest absolute Gasteiger partial charge is 0.350 e. The third-order valence-corrected chi connectivity index (χ3v) is 4.09. The van der Waals surface area contributed by atoms with Gasteiger partial charge in [-0.25, -0.2) is 15.0 Å². The number of benzene rings is 1. The molecule has 1 aliphatic rings. The van der Waals surface area contributed by atoms with E-state index < -0.39 is 23.9 Å². The van der Waals surface area contributed by atoms with Gasteiger partial charge in [0.05, 0.1) is 28.7 Å². The fraction of sp³-hybridized carbons (Fsp3) is 0.412. The Kier molecular flexibility index (Phi) is 5.28. The van der Waals surface area contributed by atoms with Gasteiger partial charge in [0.25, 0.3) is 5.91 Å². The molecule has 1 aromatic heterocycles. The van der Waals surface area contributed by atoms with E-state index in [0.29, 0.717) is 18.7 Å². The molecule has 0 aliphatic carbocycles. The van der Waals surface area contributed by atoms with E-state index in [1.165, 1.54) is 23.0 Å². The summed E-state index contributed by atoms with van der Waals surface area (Å²) in [5.41, 5.74) is 2.35. The second-order valence-electron chi connectivity index (χ2n) is 5.95. The summed E-state index contributed by atoms with van der Waals surface area (Å²) in [4.78, 5) is 17.5. The van der Waals surface area contributed by atoms with Crippen molar-refractivity contribution in [2.45, 2.75) is 38.7 Å². The lowest BCUT2D eigenvalue weighted by molar-refractivity contribution is -0.186. The van der Waals surface area contributed by atoms with Crippen LogP contribution in [0.1, 0.15) is 40.9 Å². The van der Waals surface area contributed by atoms with Gasteiger partial charge in [-0.3, -0.25) is 4.79 Å². The second kappa shape index (κ2) is 7.46. The molecule has 2 heterocycles. The summed E-state index contributed by atoms with van der Waals surface area (Å²) >= 11 is 0. The molecule has 0 spiro atoms. The molecule has 2 aromatic rings. The maximum atomic E-state index is 12.9. The number of carbonyl (C=O) groups excluding carboxylic acids is 1. The zero-order valence-corrected chi connectivity index (χ0v) is 14.0. The number of hydrogen-bond acceptors (Lipinski definition) is 4. The molecule has 1 unspecified atom stereocenters. The van der Waals surface area contributed by atoms with Gasteiger partial charge in [0.1, 0.15) is 0 Å². The molecule has 3 rings (SSSR count). The number of hydroxylamine groups is 1. The van der Waals surface area contributed by atoms with Crippen molar-refractivity contribution in [3.63, 3.8) is 0 Å². The van der Waals surface area contributed by atoms with Gasteiger partial charge >= 0.3 is 6.18 Å². The Balaban J connectivity index is 1.74. The van der Waals surface area contributed by atoms with E-state index in [1.54, 1.807) is 6.92 Å². The van der Waals surface area contributed by atoms with Crippen molar-refractivity contribution >= 4 is 5.91 Å². The number of hydrogen-bond donors (Lipinski definition) is 1. The van der Waals surface area contributed by atoms with Crippen LogP contribution < -0.4 is 5.48 Å². The average molecular weight is 369 g/mol. The minimum Gasteiger partial charge on any atom is -0.350 e. The first-order chi connectivity index (χ1) is 12.4. The van der Waals surface area contributed by atoms with E-state index in [9.17, 15) is 18.0 Å². The van der Waals surface area contributed by atoms with Crippen LogP contribution in [0, 0.1) is 6.92 Å². The summed E-state index contributed by atoms with van der Waals surface area (Å²) < 4.78 is 45.2. The predicted molar refractivity (Wildman–Crippen MR) is 85.4 cm³/mol. The molecule has 0 bridgehead atoms. The van der Waals surface area contributed by atoms with Gasteiger partial charge in [-0.2, -0.15) is 18.3 Å². The van der Waals surface area contributed by atoms with Crippen molar-refractivity contribution in [3.8, 4) is 5.69 Å². The van der Waals surface area contributed by atoms with Gasteiger partial charge in [0.2, 0.25) is 0 Å². The molecule has 140 valence electrons.